The molecule has 0 atom stereocenters. The molecule has 42 heavy (non-hydrogen) atoms. The summed E-state index contributed by atoms with van der Waals surface area (Å²) in [6.45, 7) is 20.9. The minimum Gasteiger partial charge on any atom is -0.577 e. The van der Waals surface area contributed by atoms with Gasteiger partial charge in [-0.2, -0.15) is 6.08 Å². The second kappa shape index (κ2) is 19.3. The first-order valence-electron chi connectivity index (χ1n) is 12.0. The molecule has 10 nitrogen and oxygen atoms in total. The Labute approximate surface area is 280 Å². The van der Waals surface area contributed by atoms with Crippen molar-refractivity contribution in [2.24, 2.45) is 4.99 Å². The number of pyridine rings is 1. The van der Waals surface area contributed by atoms with Gasteiger partial charge in [-0.15, -0.1) is 25.2 Å². The van der Waals surface area contributed by atoms with Gasteiger partial charge in [0.1, 0.15) is 23.5 Å². The average Bonchev–Trinajstić information content (AvgIpc) is 2.89. The zero-order valence-electron chi connectivity index (χ0n) is 24.8. The Kier molecular flexibility index (Phi) is 18.0. The van der Waals surface area contributed by atoms with Crippen LogP contribution in [0.3, 0.4) is 0 Å². The zero-order valence-corrected chi connectivity index (χ0v) is 26.4. The fourth-order valence-electron chi connectivity index (χ4n) is 2.93. The van der Waals surface area contributed by atoms with E-state index in [1.165, 1.54) is 23.4 Å². The number of carbonyl (C=O) groups is 1. The normalized spacial score (nSPS) is 10.9. The fourth-order valence-corrected chi connectivity index (χ4v) is 3.24. The summed E-state index contributed by atoms with van der Waals surface area (Å²) in [6.07, 6.45) is 9.74. The second-order valence-corrected chi connectivity index (χ2v) is 9.79. The van der Waals surface area contributed by atoms with Gasteiger partial charge in [0, 0.05) is 17.0 Å². The molecule has 212 valence electrons. The molecule has 3 rings (SSSR count). The van der Waals surface area contributed by atoms with Crippen LogP contribution in [0.1, 0.15) is 26.3 Å². The Morgan fingerprint density at radius 3 is 2.52 bits per heavy atom. The number of rotatable bonds is 9. The van der Waals surface area contributed by atoms with Crippen molar-refractivity contribution in [2.45, 2.75) is 33.3 Å². The number of anilines is 2. The Morgan fingerprint density at radius 1 is 1.26 bits per heavy atom. The number of aromatic nitrogens is 3. The molecule has 3 aromatic rings. The number of halogens is 1. The minimum atomic E-state index is -0.445. The number of benzene rings is 1. The van der Waals surface area contributed by atoms with E-state index in [-0.39, 0.29) is 43.8 Å². The largest absolute Gasteiger partial charge is 1.00 e. The van der Waals surface area contributed by atoms with E-state index in [0.29, 0.717) is 47.8 Å². The number of amides is 1. The number of hydrogen-bond donors (Lipinski definition) is 1. The minimum absolute atomic E-state index is 0. The van der Waals surface area contributed by atoms with Crippen LogP contribution in [0.25, 0.3) is 16.4 Å². The van der Waals surface area contributed by atoms with E-state index in [2.05, 4.69) is 67.4 Å². The number of allylic oxidation sites excluding steroid dienone is 2. The summed E-state index contributed by atoms with van der Waals surface area (Å²) in [6, 6.07) is 7.36. The summed E-state index contributed by atoms with van der Waals surface area (Å²) < 4.78 is 11.5. The number of nitrogens with zero attached hydrogens (tertiary/aromatic N) is 6. The van der Waals surface area contributed by atoms with Crippen molar-refractivity contribution >= 4 is 57.1 Å². The molecule has 0 aliphatic carbocycles. The third-order valence-electron chi connectivity index (χ3n) is 4.75. The molecular weight excluding hydrogens is 588 g/mol. The van der Waals surface area contributed by atoms with Gasteiger partial charge in [-0.25, -0.2) is 22.3 Å². The van der Waals surface area contributed by atoms with Crippen LogP contribution in [0, 0.1) is 33.5 Å². The molecule has 0 bridgehead atoms. The molecule has 1 amide bonds. The van der Waals surface area contributed by atoms with Crippen molar-refractivity contribution < 1.29 is 52.0 Å². The Morgan fingerprint density at radius 2 is 1.95 bits per heavy atom. The molecule has 0 spiro atoms. The van der Waals surface area contributed by atoms with E-state index in [4.69, 9.17) is 21.5 Å². The van der Waals surface area contributed by atoms with Gasteiger partial charge in [-0.1, -0.05) is 26.6 Å². The number of carbonyl (C=O) groups excluding carboxylic acids is 1. The van der Waals surface area contributed by atoms with Gasteiger partial charge in [-0.05, 0) is 57.0 Å². The number of fused-ring (bicyclic) bond motifs is 1. The molecule has 0 aliphatic rings. The molecule has 0 unspecified atom stereocenters. The summed E-state index contributed by atoms with van der Waals surface area (Å²) in [4.78, 5) is 28.8. The summed E-state index contributed by atoms with van der Waals surface area (Å²) in [7, 11) is 0. The monoisotopic (exact) mass is 617 g/mol. The molecule has 0 aliphatic heterocycles. The van der Waals surface area contributed by atoms with Crippen LogP contribution >= 0.6 is 15.9 Å². The number of nitrogens with one attached hydrogen (secondary N) is 1. The topological polar surface area (TPSA) is 124 Å². The number of aryl methyl sites for hydroxylation is 1. The van der Waals surface area contributed by atoms with Crippen molar-refractivity contribution in [2.75, 3.05) is 18.4 Å². The van der Waals surface area contributed by atoms with Gasteiger partial charge in [0.05, 0.1) is 0 Å². The van der Waals surface area contributed by atoms with Crippen molar-refractivity contribution in [3.05, 3.63) is 90.6 Å². The van der Waals surface area contributed by atoms with Crippen molar-refractivity contribution in [3.63, 3.8) is 0 Å². The van der Waals surface area contributed by atoms with E-state index >= 15 is 0 Å². The fraction of sp³-hybridized carbons (Fsp3) is 0.241. The van der Waals surface area contributed by atoms with Crippen LogP contribution < -0.4 is 47.8 Å². The molecule has 13 heteroatoms. The summed E-state index contributed by atoms with van der Waals surface area (Å²) in [5, 5.41) is 11.8. The Bertz CT molecular complexity index is 1390. The second-order valence-electron chi connectivity index (χ2n) is 8.93. The van der Waals surface area contributed by atoms with E-state index in [1.807, 2.05) is 45.9 Å². The molecule has 2 heterocycles. The maximum atomic E-state index is 11.2. The summed E-state index contributed by atoms with van der Waals surface area (Å²) >= 11 is 3.33. The van der Waals surface area contributed by atoms with Crippen LogP contribution in [0.4, 0.5) is 16.3 Å². The smallest absolute Gasteiger partial charge is 0.577 e. The maximum Gasteiger partial charge on any atom is 1.00 e. The summed E-state index contributed by atoms with van der Waals surface area (Å²) in [5.74, 6) is 1.52. The quantitative estimate of drug-likeness (QED) is 0.0917. The van der Waals surface area contributed by atoms with E-state index in [1.54, 1.807) is 6.07 Å². The first kappa shape index (κ1) is 39.1. The first-order chi connectivity index (χ1) is 19.0. The van der Waals surface area contributed by atoms with Crippen LogP contribution in [0.2, 0.25) is 0 Å². The third kappa shape index (κ3) is 12.9. The van der Waals surface area contributed by atoms with Gasteiger partial charge in [0.15, 0.2) is 0 Å². The van der Waals surface area contributed by atoms with Crippen LogP contribution in [-0.2, 0) is 4.74 Å². The van der Waals surface area contributed by atoms with Gasteiger partial charge in [0.2, 0.25) is 0 Å². The third-order valence-corrected chi connectivity index (χ3v) is 5.16. The zero-order chi connectivity index (χ0) is 29.7. The van der Waals surface area contributed by atoms with Gasteiger partial charge < -0.3 is 48.9 Å². The van der Waals surface area contributed by atoms with Crippen molar-refractivity contribution in [1.82, 2.24) is 19.9 Å². The number of hydrogen-bond acceptors (Lipinski definition) is 7. The predicted molar refractivity (Wildman–Crippen MR) is 161 cm³/mol. The predicted octanol–water partition coefficient (Wildman–Crippen LogP) is 0.337. The Balaban J connectivity index is 0.00000103. The average molecular weight is 618 g/mol. The SMILES string of the molecule is [CH-]=C/C(=C\[C-]=NC=[N-])Oc1ccc(Nc2ncnc3cc(Br)[c-]nc23)cc1C.[CH2-]CN(C[CH2-])C(=O)OC(C)(C)C.[Li+].[Li+]. The van der Waals surface area contributed by atoms with E-state index in [0.717, 1.165) is 15.7 Å². The molecule has 2 aromatic heterocycles. The number of aliphatic imine (C=N–C) groups is 1. The molecule has 1 N–H and O–H groups in total. The molecule has 0 radical (unpaired) electrons. The molecular formula is C29H30BrLi2N7O3-4. The van der Waals surface area contributed by atoms with E-state index < -0.39 is 5.60 Å². The summed E-state index contributed by atoms with van der Waals surface area (Å²) in [5.41, 5.74) is 2.54. The van der Waals surface area contributed by atoms with Crippen LogP contribution in [0.5, 0.6) is 5.75 Å². The molecule has 0 fully saturated rings. The van der Waals surface area contributed by atoms with E-state index in [9.17, 15) is 4.79 Å². The first-order valence-corrected chi connectivity index (χ1v) is 12.8. The Hall–Kier alpha value is -2.93. The van der Waals surface area contributed by atoms with Crippen LogP contribution in [0.15, 0.2) is 58.0 Å². The molecule has 0 saturated carbocycles. The number of ether oxygens (including phenoxy) is 2. The van der Waals surface area contributed by atoms with Crippen molar-refractivity contribution in [3.8, 4) is 5.75 Å². The van der Waals surface area contributed by atoms with Gasteiger partial charge in [-0.3, -0.25) is 11.6 Å². The molecule has 1 aromatic carbocycles. The maximum absolute atomic E-state index is 11.2. The van der Waals surface area contributed by atoms with Crippen LogP contribution in [-0.4, -0.2) is 57.2 Å². The van der Waals surface area contributed by atoms with Gasteiger partial charge >= 0.3 is 43.8 Å². The van der Waals surface area contributed by atoms with Crippen molar-refractivity contribution in [1.29, 1.82) is 0 Å². The molecule has 0 saturated heterocycles. The van der Waals surface area contributed by atoms with Gasteiger partial charge in [0.25, 0.3) is 0 Å². The standard InChI is InChI=1S/C20H13BrN6O.C9H17NO2.2Li/c1-3-16(6-7-23-11-22)28-18-5-4-15(8-13(18)2)27-20-19-17(25-12-26-20)9-14(21)10-24-19;1-6-10(7-2)8(11)12-9(3,4)5;;/h1,3-6,8-9,11-12H,2H3,(H,25,26,27);1-2,6-7H2,3-5H3;;/q-4;-2;2*+1/b16-6+;;;.